The van der Waals surface area contributed by atoms with Crippen LogP contribution in [0.3, 0.4) is 0 Å². The summed E-state index contributed by atoms with van der Waals surface area (Å²) in [6.45, 7) is -0.500. The molecule has 0 saturated carbocycles. The van der Waals surface area contributed by atoms with Crippen LogP contribution in [0.15, 0.2) is 65.1 Å². The molecule has 1 aromatic heterocycles. The molecule has 0 N–H and O–H groups in total. The monoisotopic (exact) mass is 321 g/mol. The van der Waals surface area contributed by atoms with E-state index in [2.05, 4.69) is 0 Å². The van der Waals surface area contributed by atoms with Gasteiger partial charge in [-0.25, -0.2) is 0 Å². The zero-order valence-corrected chi connectivity index (χ0v) is 12.6. The molecule has 5 nitrogen and oxygen atoms in total. The lowest BCUT2D eigenvalue weighted by Gasteiger charge is -2.06. The normalized spacial score (nSPS) is 11.0. The number of fused-ring (bicyclic) bond motifs is 1. The summed E-state index contributed by atoms with van der Waals surface area (Å²) in [7, 11) is 0. The number of hydrogen-bond donors (Lipinski definition) is 0. The molecule has 3 aromatic rings. The molecule has 2 aromatic carbocycles. The SMILES string of the molecule is O=C([O-])COc1ccc(/C=C/C(=O)c2cc3ccccc3o2)cc1. The summed E-state index contributed by atoms with van der Waals surface area (Å²) in [5.41, 5.74) is 1.45. The molecule has 0 unspecified atom stereocenters. The van der Waals surface area contributed by atoms with E-state index in [0.29, 0.717) is 11.3 Å². The molecule has 0 amide bonds. The lowest BCUT2D eigenvalue weighted by atomic mass is 10.1. The lowest BCUT2D eigenvalue weighted by molar-refractivity contribution is -0.307. The number of carboxylic acids is 1. The van der Waals surface area contributed by atoms with Crippen LogP contribution in [-0.4, -0.2) is 18.4 Å². The third-order valence-corrected chi connectivity index (χ3v) is 3.33. The Labute approximate surface area is 137 Å². The second-order valence-electron chi connectivity index (χ2n) is 5.08. The van der Waals surface area contributed by atoms with Crippen LogP contribution in [-0.2, 0) is 4.79 Å². The van der Waals surface area contributed by atoms with Crippen LogP contribution in [0, 0.1) is 0 Å². The Kier molecular flexibility index (Phi) is 4.43. The summed E-state index contributed by atoms with van der Waals surface area (Å²) in [6, 6.07) is 15.8. The minimum atomic E-state index is -1.28. The van der Waals surface area contributed by atoms with Crippen molar-refractivity contribution in [2.75, 3.05) is 6.61 Å². The summed E-state index contributed by atoms with van der Waals surface area (Å²) in [4.78, 5) is 22.5. The van der Waals surface area contributed by atoms with Gasteiger partial charge in [-0.3, -0.25) is 4.79 Å². The van der Waals surface area contributed by atoms with Gasteiger partial charge in [0.25, 0.3) is 0 Å². The minimum absolute atomic E-state index is 0.233. The predicted molar refractivity (Wildman–Crippen MR) is 86.5 cm³/mol. The first-order chi connectivity index (χ1) is 11.6. The number of benzene rings is 2. The van der Waals surface area contributed by atoms with Gasteiger partial charge in [0.1, 0.15) is 17.9 Å². The first kappa shape index (κ1) is 15.6. The fourth-order valence-electron chi connectivity index (χ4n) is 2.17. The van der Waals surface area contributed by atoms with Crippen molar-refractivity contribution in [2.45, 2.75) is 0 Å². The highest BCUT2D eigenvalue weighted by Gasteiger charge is 2.08. The lowest BCUT2D eigenvalue weighted by Crippen LogP contribution is -2.28. The third-order valence-electron chi connectivity index (χ3n) is 3.33. The van der Waals surface area contributed by atoms with E-state index in [0.717, 1.165) is 10.9 Å². The van der Waals surface area contributed by atoms with Gasteiger partial charge in [-0.1, -0.05) is 36.4 Å². The van der Waals surface area contributed by atoms with Crippen LogP contribution >= 0.6 is 0 Å². The standard InChI is InChI=1S/C19H14O5/c20-16(18-11-14-3-1-2-4-17(14)24-18)10-7-13-5-8-15(9-6-13)23-12-19(21)22/h1-11H,12H2,(H,21,22)/p-1/b10-7+. The van der Waals surface area contributed by atoms with Gasteiger partial charge >= 0.3 is 0 Å². The maximum Gasteiger partial charge on any atom is 0.221 e. The molecule has 0 aliphatic rings. The number of ketones is 1. The highest BCUT2D eigenvalue weighted by Crippen LogP contribution is 2.20. The van der Waals surface area contributed by atoms with Gasteiger partial charge in [0.05, 0.1) is 5.97 Å². The number of carbonyl (C=O) groups excluding carboxylic acids is 2. The van der Waals surface area contributed by atoms with Gasteiger partial charge < -0.3 is 19.1 Å². The molecule has 0 saturated heterocycles. The molecule has 0 spiro atoms. The molecule has 0 aliphatic heterocycles. The van der Waals surface area contributed by atoms with Gasteiger partial charge in [0.15, 0.2) is 5.76 Å². The molecule has 24 heavy (non-hydrogen) atoms. The van der Waals surface area contributed by atoms with Gasteiger partial charge in [0, 0.05) is 5.39 Å². The quantitative estimate of drug-likeness (QED) is 0.515. The number of carboxylic acid groups (broad SMARTS) is 1. The Hall–Kier alpha value is -3.34. The van der Waals surface area contributed by atoms with Gasteiger partial charge in [-0.05, 0) is 35.9 Å². The van der Waals surface area contributed by atoms with Crippen LogP contribution in [0.25, 0.3) is 17.0 Å². The van der Waals surface area contributed by atoms with Crippen LogP contribution in [0.1, 0.15) is 16.1 Å². The van der Waals surface area contributed by atoms with E-state index < -0.39 is 12.6 Å². The molecular weight excluding hydrogens is 308 g/mol. The number of carbonyl (C=O) groups is 2. The van der Waals surface area contributed by atoms with E-state index in [1.807, 2.05) is 18.2 Å². The zero-order chi connectivity index (χ0) is 16.9. The highest BCUT2D eigenvalue weighted by atomic mass is 16.5. The predicted octanol–water partition coefficient (Wildman–Crippen LogP) is 2.46. The van der Waals surface area contributed by atoms with Crippen molar-refractivity contribution in [1.29, 1.82) is 0 Å². The maximum absolute atomic E-state index is 12.2. The fraction of sp³-hybridized carbons (Fsp3) is 0.0526. The minimum Gasteiger partial charge on any atom is -0.546 e. The van der Waals surface area contributed by atoms with Crippen LogP contribution in [0.5, 0.6) is 5.75 Å². The number of rotatable bonds is 6. The van der Waals surface area contributed by atoms with Gasteiger partial charge in [-0.2, -0.15) is 0 Å². The molecule has 120 valence electrons. The Morgan fingerprint density at radius 2 is 1.83 bits per heavy atom. The van der Waals surface area contributed by atoms with E-state index in [-0.39, 0.29) is 11.5 Å². The van der Waals surface area contributed by atoms with E-state index in [9.17, 15) is 14.7 Å². The number of furan rings is 1. The maximum atomic E-state index is 12.2. The van der Waals surface area contributed by atoms with Crippen molar-refractivity contribution in [3.05, 3.63) is 72.0 Å². The molecule has 0 radical (unpaired) electrons. The molecule has 1 heterocycles. The summed E-state index contributed by atoms with van der Waals surface area (Å²) in [5.74, 6) is -0.819. The Bertz CT molecular complexity index is 870. The number of aliphatic carboxylic acids is 1. The number of allylic oxidation sites excluding steroid dienone is 1. The van der Waals surface area contributed by atoms with E-state index >= 15 is 0 Å². The Balaban J connectivity index is 1.68. The van der Waals surface area contributed by atoms with E-state index in [4.69, 9.17) is 9.15 Å². The van der Waals surface area contributed by atoms with Crippen molar-refractivity contribution in [3.63, 3.8) is 0 Å². The van der Waals surface area contributed by atoms with Gasteiger partial charge in [-0.15, -0.1) is 0 Å². The van der Waals surface area contributed by atoms with Crippen molar-refractivity contribution >= 4 is 28.8 Å². The molecule has 5 heteroatoms. The molecule has 3 rings (SSSR count). The molecule has 0 fully saturated rings. The fourth-order valence-corrected chi connectivity index (χ4v) is 2.17. The van der Waals surface area contributed by atoms with Crippen molar-refractivity contribution in [3.8, 4) is 5.75 Å². The largest absolute Gasteiger partial charge is 0.546 e. The van der Waals surface area contributed by atoms with Gasteiger partial charge in [0.2, 0.25) is 5.78 Å². The number of para-hydroxylation sites is 1. The second kappa shape index (κ2) is 6.83. The second-order valence-corrected chi connectivity index (χ2v) is 5.08. The average Bonchev–Trinajstić information content (AvgIpc) is 3.03. The third kappa shape index (κ3) is 3.70. The topological polar surface area (TPSA) is 79.6 Å². The van der Waals surface area contributed by atoms with E-state index in [1.54, 1.807) is 42.5 Å². The summed E-state index contributed by atoms with van der Waals surface area (Å²) < 4.78 is 10.5. The first-order valence-electron chi connectivity index (χ1n) is 7.25. The van der Waals surface area contributed by atoms with E-state index in [1.165, 1.54) is 6.08 Å². The summed E-state index contributed by atoms with van der Waals surface area (Å²) >= 11 is 0. The van der Waals surface area contributed by atoms with Crippen molar-refractivity contribution in [2.24, 2.45) is 0 Å². The van der Waals surface area contributed by atoms with Crippen LogP contribution in [0.2, 0.25) is 0 Å². The smallest absolute Gasteiger partial charge is 0.221 e. The number of hydrogen-bond acceptors (Lipinski definition) is 5. The Morgan fingerprint density at radius 3 is 2.54 bits per heavy atom. The van der Waals surface area contributed by atoms with Crippen LogP contribution < -0.4 is 9.84 Å². The Morgan fingerprint density at radius 1 is 1.08 bits per heavy atom. The first-order valence-corrected chi connectivity index (χ1v) is 7.25. The molecule has 0 atom stereocenters. The summed E-state index contributed by atoms with van der Waals surface area (Å²) in [5, 5.41) is 11.2. The van der Waals surface area contributed by atoms with Crippen molar-refractivity contribution in [1.82, 2.24) is 0 Å². The average molecular weight is 321 g/mol. The molecule has 0 bridgehead atoms. The highest BCUT2D eigenvalue weighted by molar-refractivity contribution is 6.06. The molecular formula is C19H13O5-. The van der Waals surface area contributed by atoms with Crippen LogP contribution in [0.4, 0.5) is 0 Å². The zero-order valence-electron chi connectivity index (χ0n) is 12.6. The molecule has 0 aliphatic carbocycles. The van der Waals surface area contributed by atoms with Crippen molar-refractivity contribution < 1.29 is 23.8 Å². The number of ether oxygens (including phenoxy) is 1. The summed E-state index contributed by atoms with van der Waals surface area (Å²) in [6.07, 6.45) is 3.08.